The van der Waals surface area contributed by atoms with Gasteiger partial charge in [0.15, 0.2) is 0 Å². The van der Waals surface area contributed by atoms with Crippen LogP contribution in [-0.4, -0.2) is 17.0 Å². The topological polar surface area (TPSA) is 37.8 Å². The van der Waals surface area contributed by atoms with Crippen molar-refractivity contribution < 1.29 is 0 Å². The van der Waals surface area contributed by atoms with Gasteiger partial charge in [-0.25, -0.2) is 9.97 Å². The Balaban J connectivity index is 2.39. The van der Waals surface area contributed by atoms with Gasteiger partial charge in [0.2, 0.25) is 0 Å². The number of aromatic nitrogens is 2. The highest BCUT2D eigenvalue weighted by molar-refractivity contribution is 7.19. The Morgan fingerprint density at radius 1 is 1.27 bits per heavy atom. The molecule has 0 spiro atoms. The number of hydrogen-bond acceptors (Lipinski definition) is 4. The molecule has 78 valence electrons. The van der Waals surface area contributed by atoms with Crippen LogP contribution < -0.4 is 5.32 Å². The first-order valence-electron chi connectivity index (χ1n) is 5.26. The Morgan fingerprint density at radius 3 is 2.93 bits per heavy atom. The Morgan fingerprint density at radius 2 is 2.13 bits per heavy atom. The zero-order valence-corrected chi connectivity index (χ0v) is 9.74. The van der Waals surface area contributed by atoms with Crippen molar-refractivity contribution in [1.29, 1.82) is 0 Å². The monoisotopic (exact) mass is 219 g/mol. The maximum atomic E-state index is 4.52. The predicted octanol–water partition coefficient (Wildman–Crippen LogP) is 2.53. The Labute approximate surface area is 92.6 Å². The third-order valence-corrected chi connectivity index (χ3v) is 4.10. The van der Waals surface area contributed by atoms with Crippen LogP contribution in [-0.2, 0) is 12.8 Å². The molecule has 2 heterocycles. The molecule has 0 aromatic carbocycles. The Kier molecular flexibility index (Phi) is 1.92. The first-order chi connectivity index (χ1) is 7.29. The van der Waals surface area contributed by atoms with Gasteiger partial charge >= 0.3 is 0 Å². The van der Waals surface area contributed by atoms with E-state index in [1.54, 1.807) is 0 Å². The third kappa shape index (κ3) is 1.24. The first kappa shape index (κ1) is 9.09. The van der Waals surface area contributed by atoms with E-state index in [0.717, 1.165) is 16.5 Å². The second-order valence-electron chi connectivity index (χ2n) is 3.91. The van der Waals surface area contributed by atoms with E-state index in [4.69, 9.17) is 0 Å². The molecule has 0 aliphatic heterocycles. The van der Waals surface area contributed by atoms with Crippen molar-refractivity contribution >= 4 is 27.4 Å². The average Bonchev–Trinajstić information content (AvgIpc) is 2.75. The standard InChI is InChI=1S/C11H13N3S/c1-6-13-10(12-2)9-7-4-3-5-8(7)15-11(9)14-6/h3-5H2,1-2H3,(H,12,13,14). The summed E-state index contributed by atoms with van der Waals surface area (Å²) in [5.74, 6) is 1.85. The first-order valence-corrected chi connectivity index (χ1v) is 6.08. The number of thiophene rings is 1. The predicted molar refractivity (Wildman–Crippen MR) is 63.7 cm³/mol. The van der Waals surface area contributed by atoms with Gasteiger partial charge in [-0.2, -0.15) is 0 Å². The number of rotatable bonds is 1. The molecule has 0 bridgehead atoms. The number of hydrogen-bond donors (Lipinski definition) is 1. The molecule has 1 N–H and O–H groups in total. The second kappa shape index (κ2) is 3.17. The van der Waals surface area contributed by atoms with Crippen molar-refractivity contribution in [2.75, 3.05) is 12.4 Å². The summed E-state index contributed by atoms with van der Waals surface area (Å²) < 4.78 is 0. The van der Waals surface area contributed by atoms with Crippen LogP contribution in [0.2, 0.25) is 0 Å². The number of fused-ring (bicyclic) bond motifs is 3. The molecule has 0 atom stereocenters. The Bertz CT molecular complexity index is 530. The highest BCUT2D eigenvalue weighted by Gasteiger charge is 2.21. The van der Waals surface area contributed by atoms with Crippen LogP contribution in [0.15, 0.2) is 0 Å². The summed E-state index contributed by atoms with van der Waals surface area (Å²) in [6.45, 7) is 1.95. The molecular weight excluding hydrogens is 206 g/mol. The molecule has 0 fully saturated rings. The summed E-state index contributed by atoms with van der Waals surface area (Å²) in [4.78, 5) is 11.6. The summed E-state index contributed by atoms with van der Waals surface area (Å²) in [5.41, 5.74) is 1.49. The molecule has 4 heteroatoms. The fourth-order valence-corrected chi connectivity index (χ4v) is 3.59. The SMILES string of the molecule is CNc1nc(C)nc2sc3c(c12)CCC3. The summed E-state index contributed by atoms with van der Waals surface area (Å²) >= 11 is 1.84. The lowest BCUT2D eigenvalue weighted by Gasteiger charge is -2.03. The molecule has 15 heavy (non-hydrogen) atoms. The lowest BCUT2D eigenvalue weighted by Crippen LogP contribution is -1.97. The maximum Gasteiger partial charge on any atom is 0.138 e. The fraction of sp³-hybridized carbons (Fsp3) is 0.455. The van der Waals surface area contributed by atoms with Crippen LogP contribution >= 0.6 is 11.3 Å². The minimum absolute atomic E-state index is 0.853. The van der Waals surface area contributed by atoms with Crippen LogP contribution in [0, 0.1) is 6.92 Å². The van der Waals surface area contributed by atoms with Gasteiger partial charge in [0.25, 0.3) is 0 Å². The molecule has 1 aliphatic rings. The molecule has 3 rings (SSSR count). The largest absolute Gasteiger partial charge is 0.372 e. The molecule has 0 amide bonds. The zero-order valence-electron chi connectivity index (χ0n) is 8.92. The molecule has 3 nitrogen and oxygen atoms in total. The van der Waals surface area contributed by atoms with Crippen LogP contribution in [0.3, 0.4) is 0 Å². The zero-order chi connectivity index (χ0) is 10.4. The van der Waals surface area contributed by atoms with Crippen molar-refractivity contribution in [3.05, 3.63) is 16.3 Å². The van der Waals surface area contributed by atoms with Gasteiger partial charge in [0.1, 0.15) is 16.5 Å². The van der Waals surface area contributed by atoms with Gasteiger partial charge in [0.05, 0.1) is 5.39 Å². The van der Waals surface area contributed by atoms with Gasteiger partial charge in [-0.1, -0.05) is 0 Å². The highest BCUT2D eigenvalue weighted by Crippen LogP contribution is 2.39. The van der Waals surface area contributed by atoms with Gasteiger partial charge in [-0.05, 0) is 31.7 Å². The molecule has 0 saturated heterocycles. The van der Waals surface area contributed by atoms with E-state index < -0.39 is 0 Å². The van der Waals surface area contributed by atoms with Gasteiger partial charge in [-0.15, -0.1) is 11.3 Å². The van der Waals surface area contributed by atoms with Gasteiger partial charge in [0, 0.05) is 11.9 Å². The number of nitrogens with zero attached hydrogens (tertiary/aromatic N) is 2. The summed E-state index contributed by atoms with van der Waals surface area (Å²) in [5, 5.41) is 4.45. The molecule has 1 aliphatic carbocycles. The van der Waals surface area contributed by atoms with E-state index in [1.165, 1.54) is 35.1 Å². The Hall–Kier alpha value is -1.16. The molecule has 0 radical (unpaired) electrons. The summed E-state index contributed by atoms with van der Waals surface area (Å²) in [6, 6.07) is 0. The molecule has 0 saturated carbocycles. The van der Waals surface area contributed by atoms with E-state index in [2.05, 4.69) is 15.3 Å². The number of nitrogens with one attached hydrogen (secondary N) is 1. The van der Waals surface area contributed by atoms with Crippen LogP contribution in [0.4, 0.5) is 5.82 Å². The van der Waals surface area contributed by atoms with Crippen molar-refractivity contribution in [1.82, 2.24) is 9.97 Å². The maximum absolute atomic E-state index is 4.52. The quantitative estimate of drug-likeness (QED) is 0.801. The van der Waals surface area contributed by atoms with Crippen molar-refractivity contribution in [3.63, 3.8) is 0 Å². The summed E-state index contributed by atoms with van der Waals surface area (Å²) in [7, 11) is 1.93. The normalized spacial score (nSPS) is 14.5. The van der Waals surface area contributed by atoms with E-state index >= 15 is 0 Å². The number of aryl methyl sites for hydroxylation is 3. The van der Waals surface area contributed by atoms with E-state index in [1.807, 2.05) is 25.3 Å². The van der Waals surface area contributed by atoms with Crippen molar-refractivity contribution in [3.8, 4) is 0 Å². The van der Waals surface area contributed by atoms with E-state index in [9.17, 15) is 0 Å². The second-order valence-corrected chi connectivity index (χ2v) is 4.99. The van der Waals surface area contributed by atoms with Crippen LogP contribution in [0.5, 0.6) is 0 Å². The highest BCUT2D eigenvalue weighted by atomic mass is 32.1. The van der Waals surface area contributed by atoms with Crippen molar-refractivity contribution in [2.24, 2.45) is 0 Å². The van der Waals surface area contributed by atoms with Gasteiger partial charge < -0.3 is 5.32 Å². The molecular formula is C11H13N3S. The number of anilines is 1. The van der Waals surface area contributed by atoms with Crippen molar-refractivity contribution in [2.45, 2.75) is 26.2 Å². The molecule has 2 aromatic rings. The van der Waals surface area contributed by atoms with Crippen LogP contribution in [0.1, 0.15) is 22.7 Å². The third-order valence-electron chi connectivity index (χ3n) is 2.91. The summed E-state index contributed by atoms with van der Waals surface area (Å²) in [6.07, 6.45) is 3.70. The van der Waals surface area contributed by atoms with E-state index in [0.29, 0.717) is 0 Å². The molecule has 0 unspecified atom stereocenters. The fourth-order valence-electron chi connectivity index (χ4n) is 2.28. The lowest BCUT2D eigenvalue weighted by atomic mass is 10.2. The minimum Gasteiger partial charge on any atom is -0.372 e. The van der Waals surface area contributed by atoms with Crippen LogP contribution in [0.25, 0.3) is 10.2 Å². The van der Waals surface area contributed by atoms with Gasteiger partial charge in [-0.3, -0.25) is 0 Å². The minimum atomic E-state index is 0.853. The average molecular weight is 219 g/mol. The smallest absolute Gasteiger partial charge is 0.138 e. The molecule has 2 aromatic heterocycles. The van der Waals surface area contributed by atoms with E-state index in [-0.39, 0.29) is 0 Å². The lowest BCUT2D eigenvalue weighted by molar-refractivity contribution is 0.917.